The Morgan fingerprint density at radius 2 is 2.15 bits per heavy atom. The summed E-state index contributed by atoms with van der Waals surface area (Å²) in [5, 5.41) is 10.9. The van der Waals surface area contributed by atoms with Gasteiger partial charge in [0.25, 0.3) is 0 Å². The molecule has 20 heavy (non-hydrogen) atoms. The molecule has 2 rings (SSSR count). The highest BCUT2D eigenvalue weighted by molar-refractivity contribution is 7.09. The van der Waals surface area contributed by atoms with Crippen LogP contribution in [0.5, 0.6) is 0 Å². The van der Waals surface area contributed by atoms with E-state index in [0.717, 1.165) is 49.1 Å². The SMILES string of the molecule is CCN(CC)CCn1cc(NCc2nc(C)cs2)cn1. The fraction of sp³-hybridized carbons (Fsp3) is 0.571. The quantitative estimate of drug-likeness (QED) is 0.812. The summed E-state index contributed by atoms with van der Waals surface area (Å²) in [4.78, 5) is 6.83. The van der Waals surface area contributed by atoms with Crippen molar-refractivity contribution in [1.82, 2.24) is 19.7 Å². The molecule has 0 spiro atoms. The molecular weight excluding hydrogens is 270 g/mol. The summed E-state index contributed by atoms with van der Waals surface area (Å²) in [6.07, 6.45) is 3.94. The highest BCUT2D eigenvalue weighted by atomic mass is 32.1. The maximum Gasteiger partial charge on any atom is 0.112 e. The van der Waals surface area contributed by atoms with E-state index in [0.29, 0.717) is 0 Å². The number of rotatable bonds is 8. The number of nitrogens with one attached hydrogen (secondary N) is 1. The average Bonchev–Trinajstić information content (AvgIpc) is 3.07. The molecule has 1 N–H and O–H groups in total. The van der Waals surface area contributed by atoms with Crippen molar-refractivity contribution in [1.29, 1.82) is 0 Å². The minimum atomic E-state index is 0.764. The molecular formula is C14H23N5S. The summed E-state index contributed by atoms with van der Waals surface area (Å²) in [6, 6.07) is 0. The van der Waals surface area contributed by atoms with Gasteiger partial charge in [0, 0.05) is 23.8 Å². The molecule has 6 heteroatoms. The molecule has 0 radical (unpaired) electrons. The first kappa shape index (κ1) is 15.0. The van der Waals surface area contributed by atoms with Gasteiger partial charge in [-0.15, -0.1) is 11.3 Å². The maximum atomic E-state index is 4.44. The fourth-order valence-corrected chi connectivity index (χ4v) is 2.73. The number of hydrogen-bond donors (Lipinski definition) is 1. The Hall–Kier alpha value is -1.40. The van der Waals surface area contributed by atoms with E-state index in [4.69, 9.17) is 0 Å². The summed E-state index contributed by atoms with van der Waals surface area (Å²) in [5.41, 5.74) is 2.14. The van der Waals surface area contributed by atoms with E-state index in [-0.39, 0.29) is 0 Å². The van der Waals surface area contributed by atoms with Crippen molar-refractivity contribution in [3.8, 4) is 0 Å². The first-order chi connectivity index (χ1) is 9.71. The molecule has 0 bridgehead atoms. The molecule has 0 saturated carbocycles. The summed E-state index contributed by atoms with van der Waals surface area (Å²) in [6.45, 7) is 11.3. The third kappa shape index (κ3) is 4.31. The van der Waals surface area contributed by atoms with E-state index >= 15 is 0 Å². The Balaban J connectivity index is 1.80. The molecule has 0 aliphatic rings. The maximum absolute atomic E-state index is 4.44. The van der Waals surface area contributed by atoms with Crippen molar-refractivity contribution in [2.75, 3.05) is 25.0 Å². The zero-order chi connectivity index (χ0) is 14.4. The number of thiazole rings is 1. The van der Waals surface area contributed by atoms with Gasteiger partial charge >= 0.3 is 0 Å². The predicted octanol–water partition coefficient (Wildman–Crippen LogP) is 2.60. The number of anilines is 1. The van der Waals surface area contributed by atoms with Crippen LogP contribution in [-0.2, 0) is 13.1 Å². The van der Waals surface area contributed by atoms with Crippen LogP contribution >= 0.6 is 11.3 Å². The van der Waals surface area contributed by atoms with Crippen LogP contribution in [0, 0.1) is 6.92 Å². The minimum Gasteiger partial charge on any atom is -0.376 e. The molecule has 0 atom stereocenters. The predicted molar refractivity (Wildman–Crippen MR) is 84.2 cm³/mol. The monoisotopic (exact) mass is 293 g/mol. The van der Waals surface area contributed by atoms with Crippen molar-refractivity contribution in [3.05, 3.63) is 28.5 Å². The van der Waals surface area contributed by atoms with Gasteiger partial charge in [0.05, 0.1) is 25.0 Å². The van der Waals surface area contributed by atoms with E-state index in [9.17, 15) is 0 Å². The lowest BCUT2D eigenvalue weighted by Crippen LogP contribution is -2.27. The van der Waals surface area contributed by atoms with Crippen molar-refractivity contribution >= 4 is 17.0 Å². The summed E-state index contributed by atoms with van der Waals surface area (Å²) in [7, 11) is 0. The summed E-state index contributed by atoms with van der Waals surface area (Å²) < 4.78 is 1.99. The molecule has 2 aromatic rings. The van der Waals surface area contributed by atoms with Gasteiger partial charge in [0.1, 0.15) is 5.01 Å². The Bertz CT molecular complexity index is 515. The lowest BCUT2D eigenvalue weighted by Gasteiger charge is -2.17. The van der Waals surface area contributed by atoms with Gasteiger partial charge in [0.2, 0.25) is 0 Å². The Morgan fingerprint density at radius 1 is 1.35 bits per heavy atom. The van der Waals surface area contributed by atoms with E-state index in [2.05, 4.69) is 45.7 Å². The van der Waals surface area contributed by atoms with E-state index in [1.807, 2.05) is 17.8 Å². The van der Waals surface area contributed by atoms with Crippen LogP contribution in [0.25, 0.3) is 0 Å². The number of hydrogen-bond acceptors (Lipinski definition) is 5. The molecule has 110 valence electrons. The van der Waals surface area contributed by atoms with Gasteiger partial charge in [-0.05, 0) is 20.0 Å². The van der Waals surface area contributed by atoms with Crippen molar-refractivity contribution in [3.63, 3.8) is 0 Å². The molecule has 2 aromatic heterocycles. The zero-order valence-electron chi connectivity index (χ0n) is 12.5. The lowest BCUT2D eigenvalue weighted by molar-refractivity contribution is 0.285. The molecule has 2 heterocycles. The van der Waals surface area contributed by atoms with Crippen LogP contribution in [-0.4, -0.2) is 39.3 Å². The van der Waals surface area contributed by atoms with Gasteiger partial charge in [-0.1, -0.05) is 13.8 Å². The minimum absolute atomic E-state index is 0.764. The molecule has 0 aliphatic heterocycles. The third-order valence-electron chi connectivity index (χ3n) is 3.28. The van der Waals surface area contributed by atoms with Gasteiger partial charge in [-0.2, -0.15) is 5.10 Å². The van der Waals surface area contributed by atoms with Gasteiger partial charge in [-0.3, -0.25) is 4.68 Å². The largest absolute Gasteiger partial charge is 0.376 e. The van der Waals surface area contributed by atoms with E-state index in [1.165, 1.54) is 0 Å². The van der Waals surface area contributed by atoms with Gasteiger partial charge < -0.3 is 10.2 Å². The first-order valence-corrected chi connectivity index (χ1v) is 7.99. The topological polar surface area (TPSA) is 46.0 Å². The van der Waals surface area contributed by atoms with Crippen molar-refractivity contribution in [2.24, 2.45) is 0 Å². The first-order valence-electron chi connectivity index (χ1n) is 7.11. The highest BCUT2D eigenvalue weighted by Gasteiger charge is 2.03. The molecule has 5 nitrogen and oxygen atoms in total. The second kappa shape index (κ2) is 7.40. The summed E-state index contributed by atoms with van der Waals surface area (Å²) in [5.74, 6) is 0. The fourth-order valence-electron chi connectivity index (χ4n) is 2.02. The Labute approximate surface area is 124 Å². The van der Waals surface area contributed by atoms with Crippen LogP contribution in [0.15, 0.2) is 17.8 Å². The number of aryl methyl sites for hydroxylation is 1. The molecule has 0 aromatic carbocycles. The second-order valence-corrected chi connectivity index (χ2v) is 5.70. The average molecular weight is 293 g/mol. The normalized spacial score (nSPS) is 11.2. The second-order valence-electron chi connectivity index (χ2n) is 4.76. The molecule has 0 fully saturated rings. The standard InChI is InChI=1S/C14H23N5S/c1-4-18(5-2)6-7-19-10-13(8-16-19)15-9-14-17-12(3)11-20-14/h8,10-11,15H,4-7,9H2,1-3H3. The molecule has 0 amide bonds. The van der Waals surface area contributed by atoms with Crippen LogP contribution in [0.2, 0.25) is 0 Å². The molecule has 0 aliphatic carbocycles. The smallest absolute Gasteiger partial charge is 0.112 e. The molecule has 0 saturated heterocycles. The van der Waals surface area contributed by atoms with E-state index in [1.54, 1.807) is 11.3 Å². The highest BCUT2D eigenvalue weighted by Crippen LogP contribution is 2.12. The van der Waals surface area contributed by atoms with Gasteiger partial charge in [-0.25, -0.2) is 4.98 Å². The van der Waals surface area contributed by atoms with E-state index < -0.39 is 0 Å². The third-order valence-corrected chi connectivity index (χ3v) is 4.25. The number of nitrogens with zero attached hydrogens (tertiary/aromatic N) is 4. The number of likely N-dealkylation sites (N-methyl/N-ethyl adjacent to an activating group) is 1. The van der Waals surface area contributed by atoms with Crippen LogP contribution in [0.4, 0.5) is 5.69 Å². The molecule has 0 unspecified atom stereocenters. The van der Waals surface area contributed by atoms with Crippen LogP contribution in [0.1, 0.15) is 24.5 Å². The Morgan fingerprint density at radius 3 is 2.80 bits per heavy atom. The lowest BCUT2D eigenvalue weighted by atomic mass is 10.4. The number of aromatic nitrogens is 3. The Kier molecular flexibility index (Phi) is 5.55. The summed E-state index contributed by atoms with van der Waals surface area (Å²) >= 11 is 1.69. The van der Waals surface area contributed by atoms with Gasteiger partial charge in [0.15, 0.2) is 0 Å². The van der Waals surface area contributed by atoms with Crippen LogP contribution < -0.4 is 5.32 Å². The van der Waals surface area contributed by atoms with Crippen molar-refractivity contribution < 1.29 is 0 Å². The zero-order valence-corrected chi connectivity index (χ0v) is 13.3. The van der Waals surface area contributed by atoms with Crippen LogP contribution in [0.3, 0.4) is 0 Å². The van der Waals surface area contributed by atoms with Crippen molar-refractivity contribution in [2.45, 2.75) is 33.9 Å².